The number of fused-ring (bicyclic) bond motifs is 1. The lowest BCUT2D eigenvalue weighted by Crippen LogP contribution is -2.44. The summed E-state index contributed by atoms with van der Waals surface area (Å²) in [7, 11) is 1.64. The van der Waals surface area contributed by atoms with Crippen LogP contribution in [0, 0.1) is 11.8 Å². The lowest BCUT2D eigenvalue weighted by Gasteiger charge is -2.23. The number of nitrogens with one attached hydrogen (secondary N) is 1. The molecule has 0 radical (unpaired) electrons. The Balaban J connectivity index is 1.27. The lowest BCUT2D eigenvalue weighted by molar-refractivity contribution is -0.131. The largest absolute Gasteiger partial charge is 0.497 e. The van der Waals surface area contributed by atoms with Gasteiger partial charge in [-0.05, 0) is 36.2 Å². The van der Waals surface area contributed by atoms with Gasteiger partial charge < -0.3 is 19.7 Å². The molecular formula is C24H24N2O4. The second kappa shape index (κ2) is 7.29. The van der Waals surface area contributed by atoms with Crippen molar-refractivity contribution >= 4 is 17.5 Å². The molecule has 0 saturated carbocycles. The Morgan fingerprint density at radius 1 is 1.20 bits per heavy atom. The topological polar surface area (TPSA) is 67.9 Å². The Hall–Kier alpha value is -3.12. The first kappa shape index (κ1) is 18.9. The summed E-state index contributed by atoms with van der Waals surface area (Å²) in [6.45, 7) is 0.956. The quantitative estimate of drug-likeness (QED) is 0.751. The molecular weight excluding hydrogens is 380 g/mol. The van der Waals surface area contributed by atoms with E-state index in [-0.39, 0.29) is 17.9 Å². The molecule has 1 N–H and O–H groups in total. The van der Waals surface area contributed by atoms with E-state index in [0.29, 0.717) is 19.5 Å². The Morgan fingerprint density at radius 2 is 1.97 bits per heavy atom. The molecule has 2 aromatic carbocycles. The number of nitrogens with zero attached hydrogens (tertiary/aromatic N) is 1. The summed E-state index contributed by atoms with van der Waals surface area (Å²) in [5, 5.41) is 3.02. The van der Waals surface area contributed by atoms with Crippen LogP contribution in [0.15, 0.2) is 66.7 Å². The average Bonchev–Trinajstić information content (AvgIpc) is 3.43. The maximum atomic E-state index is 13.3. The molecule has 5 rings (SSSR count). The van der Waals surface area contributed by atoms with Crippen LogP contribution in [0.4, 0.5) is 5.69 Å². The van der Waals surface area contributed by atoms with Crippen LogP contribution in [0.25, 0.3) is 0 Å². The van der Waals surface area contributed by atoms with Crippen molar-refractivity contribution in [3.63, 3.8) is 0 Å². The van der Waals surface area contributed by atoms with Crippen molar-refractivity contribution < 1.29 is 19.1 Å². The van der Waals surface area contributed by atoms with Crippen molar-refractivity contribution in [3.05, 3.63) is 72.3 Å². The number of carbonyl (C=O) groups is 2. The van der Waals surface area contributed by atoms with Gasteiger partial charge in [-0.3, -0.25) is 9.59 Å². The lowest BCUT2D eigenvalue weighted by atomic mass is 9.77. The molecule has 0 unspecified atom stereocenters. The predicted molar refractivity (Wildman–Crippen MR) is 112 cm³/mol. The molecule has 3 heterocycles. The fourth-order valence-electron chi connectivity index (χ4n) is 4.86. The Bertz CT molecular complexity index is 988. The second-order valence-electron chi connectivity index (χ2n) is 8.05. The van der Waals surface area contributed by atoms with Crippen LogP contribution >= 0.6 is 0 Å². The number of benzene rings is 2. The fourth-order valence-corrected chi connectivity index (χ4v) is 4.86. The van der Waals surface area contributed by atoms with Crippen LogP contribution in [0.2, 0.25) is 0 Å². The number of hydrogen-bond acceptors (Lipinski definition) is 4. The van der Waals surface area contributed by atoms with E-state index in [1.165, 1.54) is 0 Å². The van der Waals surface area contributed by atoms with Gasteiger partial charge in [0.2, 0.25) is 11.8 Å². The van der Waals surface area contributed by atoms with Crippen molar-refractivity contribution in [2.75, 3.05) is 25.1 Å². The van der Waals surface area contributed by atoms with Crippen molar-refractivity contribution in [1.82, 2.24) is 5.32 Å². The molecule has 2 aromatic rings. The predicted octanol–water partition coefficient (Wildman–Crippen LogP) is 2.34. The van der Waals surface area contributed by atoms with Crippen LogP contribution < -0.4 is 15.0 Å². The van der Waals surface area contributed by atoms with E-state index < -0.39 is 17.4 Å². The molecule has 6 heteroatoms. The summed E-state index contributed by atoms with van der Waals surface area (Å²) >= 11 is 0. The summed E-state index contributed by atoms with van der Waals surface area (Å²) < 4.78 is 11.4. The fraction of sp³-hybridized carbons (Fsp3) is 0.333. The summed E-state index contributed by atoms with van der Waals surface area (Å²) in [6, 6.07) is 17.4. The summed E-state index contributed by atoms with van der Waals surface area (Å²) in [5.41, 5.74) is 1.25. The first-order valence-corrected chi connectivity index (χ1v) is 10.3. The summed E-state index contributed by atoms with van der Waals surface area (Å²) in [5.74, 6) is -0.321. The van der Waals surface area contributed by atoms with Crippen LogP contribution in [0.1, 0.15) is 5.56 Å². The Morgan fingerprint density at radius 3 is 2.70 bits per heavy atom. The third kappa shape index (κ3) is 2.99. The summed E-state index contributed by atoms with van der Waals surface area (Å²) in [6.07, 6.45) is 4.29. The maximum Gasteiger partial charge on any atom is 0.234 e. The molecule has 154 valence electrons. The van der Waals surface area contributed by atoms with Gasteiger partial charge in [-0.2, -0.15) is 0 Å². The molecule has 2 bridgehead atoms. The molecule has 0 aliphatic carbocycles. The van der Waals surface area contributed by atoms with Crippen LogP contribution in [-0.2, 0) is 20.7 Å². The van der Waals surface area contributed by atoms with E-state index in [2.05, 4.69) is 5.32 Å². The molecule has 3 aliphatic rings. The third-order valence-corrected chi connectivity index (χ3v) is 6.34. The highest BCUT2D eigenvalue weighted by Gasteiger charge is 2.66. The zero-order valence-corrected chi connectivity index (χ0v) is 16.8. The van der Waals surface area contributed by atoms with Gasteiger partial charge in [0.1, 0.15) is 11.4 Å². The number of methoxy groups -OCH3 is 1. The standard InChI is InChI=1S/C24H24N2O4/c1-29-18-9-7-16(8-10-18)12-14-25-22(27)20-19-11-13-24(30-19)15-26(23(28)21(20)24)17-5-3-2-4-6-17/h2-11,13,19-21H,12,14-15H2,1H3,(H,25,27)/t19-,20+,21+,24+/m1/s1. The first-order valence-electron chi connectivity index (χ1n) is 10.3. The molecule has 2 fully saturated rings. The molecule has 0 aromatic heterocycles. The number of ether oxygens (including phenoxy) is 2. The highest BCUT2D eigenvalue weighted by molar-refractivity contribution is 6.03. The number of anilines is 1. The smallest absolute Gasteiger partial charge is 0.234 e. The first-order chi connectivity index (χ1) is 14.6. The van der Waals surface area contributed by atoms with Gasteiger partial charge in [-0.15, -0.1) is 0 Å². The van der Waals surface area contributed by atoms with Crippen molar-refractivity contribution in [3.8, 4) is 5.75 Å². The van der Waals surface area contributed by atoms with Gasteiger partial charge in [0.15, 0.2) is 0 Å². The number of para-hydroxylation sites is 1. The Labute approximate surface area is 175 Å². The van der Waals surface area contributed by atoms with Gasteiger partial charge in [0.25, 0.3) is 0 Å². The normalized spacial score (nSPS) is 28.6. The molecule has 2 saturated heterocycles. The monoisotopic (exact) mass is 404 g/mol. The van der Waals surface area contributed by atoms with Crippen LogP contribution in [-0.4, -0.2) is 43.7 Å². The average molecular weight is 404 g/mol. The van der Waals surface area contributed by atoms with E-state index >= 15 is 0 Å². The van der Waals surface area contributed by atoms with Gasteiger partial charge >= 0.3 is 0 Å². The molecule has 2 amide bonds. The van der Waals surface area contributed by atoms with E-state index in [1.54, 1.807) is 12.0 Å². The van der Waals surface area contributed by atoms with Gasteiger partial charge in [-0.1, -0.05) is 42.5 Å². The number of carbonyl (C=O) groups excluding carboxylic acids is 2. The van der Waals surface area contributed by atoms with Crippen molar-refractivity contribution in [2.24, 2.45) is 11.8 Å². The summed E-state index contributed by atoms with van der Waals surface area (Å²) in [4.78, 5) is 28.0. The van der Waals surface area contributed by atoms with Crippen LogP contribution in [0.5, 0.6) is 5.75 Å². The molecule has 4 atom stereocenters. The third-order valence-electron chi connectivity index (χ3n) is 6.34. The number of hydrogen-bond donors (Lipinski definition) is 1. The molecule has 30 heavy (non-hydrogen) atoms. The zero-order valence-electron chi connectivity index (χ0n) is 16.8. The molecule has 3 aliphatic heterocycles. The number of amides is 2. The maximum absolute atomic E-state index is 13.3. The van der Waals surface area contributed by atoms with Gasteiger partial charge in [-0.25, -0.2) is 0 Å². The van der Waals surface area contributed by atoms with E-state index in [9.17, 15) is 9.59 Å². The second-order valence-corrected chi connectivity index (χ2v) is 8.05. The van der Waals surface area contributed by atoms with E-state index in [0.717, 1.165) is 17.0 Å². The highest BCUT2D eigenvalue weighted by atomic mass is 16.5. The van der Waals surface area contributed by atoms with Crippen LogP contribution in [0.3, 0.4) is 0 Å². The number of rotatable bonds is 6. The molecule has 6 nitrogen and oxygen atoms in total. The van der Waals surface area contributed by atoms with E-state index in [1.807, 2.05) is 66.7 Å². The minimum atomic E-state index is -0.699. The Kier molecular flexibility index (Phi) is 4.59. The zero-order chi connectivity index (χ0) is 20.7. The van der Waals surface area contributed by atoms with Gasteiger partial charge in [0.05, 0.1) is 31.6 Å². The van der Waals surface area contributed by atoms with Crippen molar-refractivity contribution in [2.45, 2.75) is 18.1 Å². The van der Waals surface area contributed by atoms with Crippen molar-refractivity contribution in [1.29, 1.82) is 0 Å². The van der Waals surface area contributed by atoms with Gasteiger partial charge in [0, 0.05) is 12.2 Å². The molecule has 1 spiro atoms. The van der Waals surface area contributed by atoms with E-state index in [4.69, 9.17) is 9.47 Å². The SMILES string of the molecule is COc1ccc(CCNC(=O)[C@@H]2[C@H]3C(=O)N(c4ccccc4)C[C@@]34C=C[C@H]2O4)cc1. The minimum absolute atomic E-state index is 0.0386. The minimum Gasteiger partial charge on any atom is -0.497 e. The highest BCUT2D eigenvalue weighted by Crippen LogP contribution is 2.52.